The fourth-order valence-corrected chi connectivity index (χ4v) is 3.48. The molecule has 2 heterocycles. The van der Waals surface area contributed by atoms with E-state index in [1.807, 2.05) is 12.1 Å². The molecular weight excluding hydrogens is 244 g/mol. The SMILES string of the molecule is Clc1ccc(C(C2CCCN2)N2CCCC2)cc1. The van der Waals surface area contributed by atoms with Crippen molar-refractivity contribution in [2.45, 2.75) is 37.8 Å². The maximum atomic E-state index is 6.01. The van der Waals surface area contributed by atoms with Crippen molar-refractivity contribution < 1.29 is 0 Å². The lowest BCUT2D eigenvalue weighted by molar-refractivity contribution is 0.202. The number of likely N-dealkylation sites (tertiary alicyclic amines) is 1. The topological polar surface area (TPSA) is 15.3 Å². The molecule has 3 heteroatoms. The first kappa shape index (κ1) is 12.5. The zero-order valence-electron chi connectivity index (χ0n) is 10.7. The van der Waals surface area contributed by atoms with Crippen molar-refractivity contribution in [3.05, 3.63) is 34.9 Å². The zero-order chi connectivity index (χ0) is 12.4. The van der Waals surface area contributed by atoms with E-state index in [4.69, 9.17) is 11.6 Å². The van der Waals surface area contributed by atoms with E-state index in [2.05, 4.69) is 22.3 Å². The van der Waals surface area contributed by atoms with Crippen molar-refractivity contribution in [3.8, 4) is 0 Å². The van der Waals surface area contributed by atoms with Gasteiger partial charge in [-0.1, -0.05) is 23.7 Å². The summed E-state index contributed by atoms with van der Waals surface area (Å²) in [6.07, 6.45) is 5.29. The van der Waals surface area contributed by atoms with E-state index in [0.29, 0.717) is 12.1 Å². The highest BCUT2D eigenvalue weighted by Gasteiger charge is 2.32. The molecule has 1 aromatic carbocycles. The van der Waals surface area contributed by atoms with Crippen LogP contribution in [0.3, 0.4) is 0 Å². The second-order valence-corrected chi connectivity index (χ2v) is 5.88. The summed E-state index contributed by atoms with van der Waals surface area (Å²) in [5, 5.41) is 4.50. The predicted octanol–water partition coefficient (Wildman–Crippen LogP) is 3.23. The van der Waals surface area contributed by atoms with Crippen LogP contribution in [-0.4, -0.2) is 30.6 Å². The van der Waals surface area contributed by atoms with E-state index < -0.39 is 0 Å². The van der Waals surface area contributed by atoms with Crippen LogP contribution in [0.5, 0.6) is 0 Å². The molecule has 98 valence electrons. The number of hydrogen-bond donors (Lipinski definition) is 1. The van der Waals surface area contributed by atoms with Gasteiger partial charge in [0.15, 0.2) is 0 Å². The fourth-order valence-electron chi connectivity index (χ4n) is 3.36. The number of hydrogen-bond acceptors (Lipinski definition) is 2. The first-order valence-electron chi connectivity index (χ1n) is 7.07. The van der Waals surface area contributed by atoms with Gasteiger partial charge >= 0.3 is 0 Å². The molecule has 18 heavy (non-hydrogen) atoms. The molecular formula is C15H21ClN2. The molecule has 2 atom stereocenters. The van der Waals surface area contributed by atoms with Gasteiger partial charge < -0.3 is 5.32 Å². The molecule has 2 saturated heterocycles. The lowest BCUT2D eigenvalue weighted by atomic mass is 9.96. The normalized spacial score (nSPS) is 26.6. The van der Waals surface area contributed by atoms with Crippen LogP contribution in [0.1, 0.15) is 37.3 Å². The van der Waals surface area contributed by atoms with Crippen molar-refractivity contribution in [1.29, 1.82) is 0 Å². The summed E-state index contributed by atoms with van der Waals surface area (Å²) >= 11 is 6.01. The van der Waals surface area contributed by atoms with Gasteiger partial charge in [-0.05, 0) is 63.0 Å². The summed E-state index contributed by atoms with van der Waals surface area (Å²) in [5.74, 6) is 0. The van der Waals surface area contributed by atoms with Crippen LogP contribution in [0.2, 0.25) is 5.02 Å². The monoisotopic (exact) mass is 264 g/mol. The number of halogens is 1. The quantitative estimate of drug-likeness (QED) is 0.902. The average Bonchev–Trinajstić information content (AvgIpc) is 3.06. The first-order valence-corrected chi connectivity index (χ1v) is 7.45. The standard InChI is InChI=1S/C15H21ClN2/c16-13-7-5-12(6-8-13)15(14-4-3-9-17-14)18-10-1-2-11-18/h5-8,14-15,17H,1-4,9-11H2. The van der Waals surface area contributed by atoms with Gasteiger partial charge in [-0.15, -0.1) is 0 Å². The Labute approximate surface area is 114 Å². The van der Waals surface area contributed by atoms with E-state index in [9.17, 15) is 0 Å². The maximum Gasteiger partial charge on any atom is 0.0501 e. The van der Waals surface area contributed by atoms with Gasteiger partial charge in [-0.3, -0.25) is 4.90 Å². The van der Waals surface area contributed by atoms with Crippen LogP contribution >= 0.6 is 11.6 Å². The van der Waals surface area contributed by atoms with Gasteiger partial charge in [0.05, 0.1) is 6.04 Å². The smallest absolute Gasteiger partial charge is 0.0501 e. The van der Waals surface area contributed by atoms with Gasteiger partial charge in [-0.25, -0.2) is 0 Å². The second kappa shape index (κ2) is 5.60. The Kier molecular flexibility index (Phi) is 3.88. The van der Waals surface area contributed by atoms with E-state index >= 15 is 0 Å². The number of nitrogens with zero attached hydrogens (tertiary/aromatic N) is 1. The molecule has 1 aromatic rings. The minimum absolute atomic E-state index is 0.535. The Morgan fingerprint density at radius 1 is 1.11 bits per heavy atom. The van der Waals surface area contributed by atoms with Gasteiger partial charge in [-0.2, -0.15) is 0 Å². The third-order valence-electron chi connectivity index (χ3n) is 4.23. The molecule has 0 bridgehead atoms. The van der Waals surface area contributed by atoms with E-state index in [0.717, 1.165) is 5.02 Å². The van der Waals surface area contributed by atoms with Gasteiger partial charge in [0.2, 0.25) is 0 Å². The highest BCUT2D eigenvalue weighted by atomic mass is 35.5. The second-order valence-electron chi connectivity index (χ2n) is 5.44. The van der Waals surface area contributed by atoms with E-state index in [1.54, 1.807) is 0 Å². The molecule has 3 rings (SSSR count). The molecule has 0 spiro atoms. The molecule has 2 unspecified atom stereocenters. The Morgan fingerprint density at radius 2 is 1.83 bits per heavy atom. The van der Waals surface area contributed by atoms with Gasteiger partial charge in [0, 0.05) is 11.1 Å². The molecule has 0 radical (unpaired) electrons. The Bertz CT molecular complexity index is 362. The molecule has 2 aliphatic rings. The van der Waals surface area contributed by atoms with Crippen LogP contribution in [0.15, 0.2) is 24.3 Å². The molecule has 1 N–H and O–H groups in total. The molecule has 2 aliphatic heterocycles. The van der Waals surface area contributed by atoms with Crippen molar-refractivity contribution >= 4 is 11.6 Å². The van der Waals surface area contributed by atoms with Crippen molar-refractivity contribution in [3.63, 3.8) is 0 Å². The summed E-state index contributed by atoms with van der Waals surface area (Å²) < 4.78 is 0. The number of nitrogens with one attached hydrogen (secondary N) is 1. The lowest BCUT2D eigenvalue weighted by Gasteiger charge is -2.33. The van der Waals surface area contributed by atoms with Crippen molar-refractivity contribution in [1.82, 2.24) is 10.2 Å². The largest absolute Gasteiger partial charge is 0.312 e. The van der Waals surface area contributed by atoms with Crippen molar-refractivity contribution in [2.24, 2.45) is 0 Å². The maximum absolute atomic E-state index is 6.01. The molecule has 2 fully saturated rings. The molecule has 0 amide bonds. The Balaban J connectivity index is 1.85. The minimum Gasteiger partial charge on any atom is -0.312 e. The van der Waals surface area contributed by atoms with Crippen molar-refractivity contribution in [2.75, 3.05) is 19.6 Å². The number of rotatable bonds is 3. The first-order chi connectivity index (χ1) is 8.84. The Hall–Kier alpha value is -0.570. The summed E-state index contributed by atoms with van der Waals surface area (Å²) in [4.78, 5) is 2.65. The summed E-state index contributed by atoms with van der Waals surface area (Å²) in [7, 11) is 0. The van der Waals surface area contributed by atoms with Crippen LogP contribution in [0.4, 0.5) is 0 Å². The fraction of sp³-hybridized carbons (Fsp3) is 0.600. The molecule has 0 aliphatic carbocycles. The van der Waals surface area contributed by atoms with E-state index in [-0.39, 0.29) is 0 Å². The highest BCUT2D eigenvalue weighted by Crippen LogP contribution is 2.32. The highest BCUT2D eigenvalue weighted by molar-refractivity contribution is 6.30. The van der Waals surface area contributed by atoms with Gasteiger partial charge in [0.25, 0.3) is 0 Å². The molecule has 0 aromatic heterocycles. The third kappa shape index (κ3) is 2.56. The van der Waals surface area contributed by atoms with E-state index in [1.165, 1.54) is 50.9 Å². The summed E-state index contributed by atoms with van der Waals surface area (Å²) in [6, 6.07) is 9.59. The summed E-state index contributed by atoms with van der Waals surface area (Å²) in [5.41, 5.74) is 1.42. The Morgan fingerprint density at radius 3 is 2.44 bits per heavy atom. The molecule has 2 nitrogen and oxygen atoms in total. The zero-order valence-corrected chi connectivity index (χ0v) is 11.5. The van der Waals surface area contributed by atoms with Crippen LogP contribution in [0.25, 0.3) is 0 Å². The average molecular weight is 265 g/mol. The number of benzene rings is 1. The van der Waals surface area contributed by atoms with Crippen LogP contribution in [0, 0.1) is 0 Å². The summed E-state index contributed by atoms with van der Waals surface area (Å²) in [6.45, 7) is 3.65. The lowest BCUT2D eigenvalue weighted by Crippen LogP contribution is -2.39. The van der Waals surface area contributed by atoms with Crippen LogP contribution < -0.4 is 5.32 Å². The minimum atomic E-state index is 0.535. The van der Waals surface area contributed by atoms with Crippen LogP contribution in [-0.2, 0) is 0 Å². The third-order valence-corrected chi connectivity index (χ3v) is 4.48. The van der Waals surface area contributed by atoms with Gasteiger partial charge in [0.1, 0.15) is 0 Å². The molecule has 0 saturated carbocycles. The predicted molar refractivity (Wildman–Crippen MR) is 76.0 cm³/mol.